The van der Waals surface area contributed by atoms with Crippen molar-refractivity contribution in [1.29, 1.82) is 0 Å². The van der Waals surface area contributed by atoms with E-state index in [1.807, 2.05) is 12.1 Å². The van der Waals surface area contributed by atoms with Gasteiger partial charge in [0, 0.05) is 0 Å². The Labute approximate surface area is 120 Å². The molecule has 0 heterocycles. The third-order valence-corrected chi connectivity index (χ3v) is 3.48. The molecule has 4 heteroatoms. The number of rotatable bonds is 6. The summed E-state index contributed by atoms with van der Waals surface area (Å²) in [6.45, 7) is 7.63. The number of hydrogen-bond acceptors (Lipinski definition) is 3. The van der Waals surface area contributed by atoms with Crippen molar-refractivity contribution in [1.82, 2.24) is 0 Å². The number of methoxy groups -OCH3 is 2. The van der Waals surface area contributed by atoms with E-state index in [-0.39, 0.29) is 5.92 Å². The number of aliphatic carboxylic acids is 1. The normalized spacial score (nSPS) is 11.6. The molecule has 0 aromatic heterocycles. The molecule has 0 spiro atoms. The molecule has 20 heavy (non-hydrogen) atoms. The van der Waals surface area contributed by atoms with Gasteiger partial charge in [-0.15, -0.1) is 0 Å². The number of ether oxygens (including phenoxy) is 2. The zero-order chi connectivity index (χ0) is 15.5. The van der Waals surface area contributed by atoms with Crippen molar-refractivity contribution >= 4 is 5.97 Å². The summed E-state index contributed by atoms with van der Waals surface area (Å²) < 4.78 is 10.6. The molecule has 112 valence electrons. The van der Waals surface area contributed by atoms with Crippen molar-refractivity contribution in [2.45, 2.75) is 40.0 Å². The van der Waals surface area contributed by atoms with Crippen LogP contribution >= 0.6 is 0 Å². The molecule has 1 aromatic rings. The molecule has 1 aromatic carbocycles. The number of benzene rings is 1. The van der Waals surface area contributed by atoms with Crippen LogP contribution in [0.1, 0.15) is 44.7 Å². The maximum Gasteiger partial charge on any atom is 0.309 e. The molecular formula is C16H24O4. The molecule has 0 radical (unpaired) electrons. The maximum absolute atomic E-state index is 11.3. The lowest BCUT2D eigenvalue weighted by atomic mass is 9.82. The second-order valence-corrected chi connectivity index (χ2v) is 5.93. The largest absolute Gasteiger partial charge is 0.493 e. The Kier molecular flexibility index (Phi) is 5.03. The van der Waals surface area contributed by atoms with Gasteiger partial charge in [-0.1, -0.05) is 13.8 Å². The predicted octanol–water partition coefficient (Wildman–Crippen LogP) is 3.48. The average Bonchev–Trinajstić information content (AvgIpc) is 2.37. The molecule has 0 atom stereocenters. The minimum atomic E-state index is -0.816. The van der Waals surface area contributed by atoms with Crippen molar-refractivity contribution in [3.63, 3.8) is 0 Å². The molecule has 0 fully saturated rings. The van der Waals surface area contributed by atoms with Crippen LogP contribution in [0.15, 0.2) is 12.1 Å². The predicted molar refractivity (Wildman–Crippen MR) is 78.8 cm³/mol. The molecular weight excluding hydrogens is 256 g/mol. The number of carbonyl (C=O) groups is 1. The zero-order valence-corrected chi connectivity index (χ0v) is 13.1. The molecule has 1 N–H and O–H groups in total. The zero-order valence-electron chi connectivity index (χ0n) is 13.1. The van der Waals surface area contributed by atoms with Crippen molar-refractivity contribution in [3.8, 4) is 11.5 Å². The van der Waals surface area contributed by atoms with Crippen LogP contribution in [0.5, 0.6) is 11.5 Å². The Morgan fingerprint density at radius 2 is 1.70 bits per heavy atom. The van der Waals surface area contributed by atoms with Crippen LogP contribution in [-0.4, -0.2) is 25.3 Å². The van der Waals surface area contributed by atoms with Crippen LogP contribution in [-0.2, 0) is 11.2 Å². The van der Waals surface area contributed by atoms with Gasteiger partial charge in [-0.05, 0) is 49.4 Å². The monoisotopic (exact) mass is 280 g/mol. The van der Waals surface area contributed by atoms with Crippen molar-refractivity contribution in [2.75, 3.05) is 14.2 Å². The summed E-state index contributed by atoms with van der Waals surface area (Å²) in [6, 6.07) is 3.83. The highest BCUT2D eigenvalue weighted by atomic mass is 16.5. The van der Waals surface area contributed by atoms with E-state index in [4.69, 9.17) is 9.47 Å². The lowest BCUT2D eigenvalue weighted by Crippen LogP contribution is -2.26. The lowest BCUT2D eigenvalue weighted by Gasteiger charge is -2.23. The van der Waals surface area contributed by atoms with E-state index < -0.39 is 11.4 Å². The molecule has 0 aliphatic carbocycles. The van der Waals surface area contributed by atoms with Crippen LogP contribution in [0.3, 0.4) is 0 Å². The van der Waals surface area contributed by atoms with Gasteiger partial charge in [0.15, 0.2) is 11.5 Å². The van der Waals surface area contributed by atoms with E-state index in [1.165, 1.54) is 0 Å². The lowest BCUT2D eigenvalue weighted by molar-refractivity contribution is -0.146. The molecule has 0 aliphatic heterocycles. The van der Waals surface area contributed by atoms with Crippen LogP contribution in [0.2, 0.25) is 0 Å². The van der Waals surface area contributed by atoms with Crippen molar-refractivity contribution in [2.24, 2.45) is 5.41 Å². The molecule has 1 rings (SSSR count). The molecule has 0 amide bonds. The summed E-state index contributed by atoms with van der Waals surface area (Å²) in [5, 5.41) is 9.30. The van der Waals surface area contributed by atoms with Gasteiger partial charge in [0.05, 0.1) is 19.6 Å². The van der Waals surface area contributed by atoms with E-state index in [0.717, 1.165) is 11.1 Å². The van der Waals surface area contributed by atoms with Crippen LogP contribution in [0, 0.1) is 5.41 Å². The fourth-order valence-corrected chi connectivity index (χ4v) is 2.18. The first-order valence-corrected chi connectivity index (χ1v) is 6.71. The van der Waals surface area contributed by atoms with Gasteiger partial charge in [0.2, 0.25) is 0 Å². The maximum atomic E-state index is 11.3. The minimum Gasteiger partial charge on any atom is -0.493 e. The molecule has 0 aliphatic rings. The molecule has 0 saturated carbocycles. The Morgan fingerprint density at radius 1 is 1.20 bits per heavy atom. The summed E-state index contributed by atoms with van der Waals surface area (Å²) in [6.07, 6.45) is 0.455. The quantitative estimate of drug-likeness (QED) is 0.866. The topological polar surface area (TPSA) is 55.8 Å². The summed E-state index contributed by atoms with van der Waals surface area (Å²) >= 11 is 0. The first-order valence-electron chi connectivity index (χ1n) is 6.71. The minimum absolute atomic E-state index is 0.286. The summed E-state index contributed by atoms with van der Waals surface area (Å²) in [4.78, 5) is 11.3. The van der Waals surface area contributed by atoms with E-state index in [9.17, 15) is 9.90 Å². The first-order chi connectivity index (χ1) is 9.22. The van der Waals surface area contributed by atoms with Gasteiger partial charge in [-0.25, -0.2) is 0 Å². The van der Waals surface area contributed by atoms with Crippen molar-refractivity contribution < 1.29 is 19.4 Å². The average molecular weight is 280 g/mol. The van der Waals surface area contributed by atoms with Crippen LogP contribution in [0.4, 0.5) is 0 Å². The van der Waals surface area contributed by atoms with E-state index in [2.05, 4.69) is 13.8 Å². The highest BCUT2D eigenvalue weighted by Crippen LogP contribution is 2.36. The fourth-order valence-electron chi connectivity index (χ4n) is 2.18. The standard InChI is InChI=1S/C16H24O4/c1-10(2)12-8-14(20-6)13(19-5)7-11(12)9-16(3,4)15(17)18/h7-8,10H,9H2,1-6H3,(H,17,18). The highest BCUT2D eigenvalue weighted by molar-refractivity contribution is 5.74. The first kappa shape index (κ1) is 16.3. The molecule has 0 bridgehead atoms. The Bertz CT molecular complexity index is 489. The smallest absolute Gasteiger partial charge is 0.309 e. The van der Waals surface area contributed by atoms with Gasteiger partial charge in [-0.2, -0.15) is 0 Å². The Hall–Kier alpha value is -1.71. The van der Waals surface area contributed by atoms with Crippen LogP contribution in [0.25, 0.3) is 0 Å². The number of carboxylic acids is 1. The van der Waals surface area contributed by atoms with Gasteiger partial charge in [0.1, 0.15) is 0 Å². The van der Waals surface area contributed by atoms with Gasteiger partial charge >= 0.3 is 5.97 Å². The number of carboxylic acid groups (broad SMARTS) is 1. The van der Waals surface area contributed by atoms with Gasteiger partial charge in [-0.3, -0.25) is 4.79 Å². The summed E-state index contributed by atoms with van der Waals surface area (Å²) in [7, 11) is 3.18. The molecule has 0 unspecified atom stereocenters. The van der Waals surface area contributed by atoms with Gasteiger partial charge < -0.3 is 14.6 Å². The van der Waals surface area contributed by atoms with Gasteiger partial charge in [0.25, 0.3) is 0 Å². The van der Waals surface area contributed by atoms with Crippen molar-refractivity contribution in [3.05, 3.63) is 23.3 Å². The second kappa shape index (κ2) is 6.16. The summed E-state index contributed by atoms with van der Waals surface area (Å²) in [5.74, 6) is 0.789. The third kappa shape index (κ3) is 3.44. The SMILES string of the molecule is COc1cc(CC(C)(C)C(=O)O)c(C(C)C)cc1OC. The number of hydrogen-bond donors (Lipinski definition) is 1. The Balaban J connectivity index is 3.33. The van der Waals surface area contributed by atoms with E-state index >= 15 is 0 Å². The molecule has 0 saturated heterocycles. The van der Waals surface area contributed by atoms with Crippen LogP contribution < -0.4 is 9.47 Å². The third-order valence-electron chi connectivity index (χ3n) is 3.48. The van der Waals surface area contributed by atoms with E-state index in [1.54, 1.807) is 28.1 Å². The molecule has 4 nitrogen and oxygen atoms in total. The fraction of sp³-hybridized carbons (Fsp3) is 0.562. The Morgan fingerprint density at radius 3 is 2.10 bits per heavy atom. The van der Waals surface area contributed by atoms with E-state index in [0.29, 0.717) is 17.9 Å². The second-order valence-electron chi connectivity index (χ2n) is 5.93. The summed E-state index contributed by atoms with van der Waals surface area (Å²) in [5.41, 5.74) is 1.27. The highest BCUT2D eigenvalue weighted by Gasteiger charge is 2.29.